The minimum atomic E-state index is -0.236. The molecule has 1 rings (SSSR count). The molecular weight excluding hydrogens is 204 g/mol. The highest BCUT2D eigenvalue weighted by molar-refractivity contribution is 5.69. The van der Waals surface area contributed by atoms with Crippen molar-refractivity contribution in [1.82, 2.24) is 0 Å². The third kappa shape index (κ3) is 4.05. The van der Waals surface area contributed by atoms with E-state index in [9.17, 15) is 4.79 Å². The van der Waals surface area contributed by atoms with Crippen molar-refractivity contribution in [2.45, 2.75) is 13.3 Å². The maximum atomic E-state index is 10.8. The van der Waals surface area contributed by atoms with Gasteiger partial charge in [-0.25, -0.2) is 0 Å². The van der Waals surface area contributed by atoms with E-state index >= 15 is 0 Å². The average Bonchev–Trinajstić information content (AvgIpc) is 2.34. The standard InChI is InChI=1S/C13H14O3/c1-3-13(14)16-9-5-7-11-6-4-8-12(10-11)15-2/h4,6,8,10H,3,9H2,1-2H3. The molecule has 16 heavy (non-hydrogen) atoms. The summed E-state index contributed by atoms with van der Waals surface area (Å²) in [7, 11) is 1.61. The SMILES string of the molecule is CCC(=O)OCC#Cc1cccc(OC)c1. The zero-order chi connectivity index (χ0) is 11.8. The molecule has 0 aliphatic carbocycles. The van der Waals surface area contributed by atoms with E-state index in [-0.39, 0.29) is 12.6 Å². The molecule has 3 nitrogen and oxygen atoms in total. The van der Waals surface area contributed by atoms with Crippen LogP contribution in [0.25, 0.3) is 0 Å². The lowest BCUT2D eigenvalue weighted by Crippen LogP contribution is -2.01. The van der Waals surface area contributed by atoms with Gasteiger partial charge in [0.2, 0.25) is 0 Å². The lowest BCUT2D eigenvalue weighted by molar-refractivity contribution is -0.141. The van der Waals surface area contributed by atoms with Crippen LogP contribution < -0.4 is 4.74 Å². The number of methoxy groups -OCH3 is 1. The second-order valence-electron chi connectivity index (χ2n) is 3.05. The first-order valence-corrected chi connectivity index (χ1v) is 5.04. The van der Waals surface area contributed by atoms with E-state index in [2.05, 4.69) is 11.8 Å². The maximum absolute atomic E-state index is 10.8. The van der Waals surface area contributed by atoms with E-state index in [0.29, 0.717) is 6.42 Å². The molecule has 0 bridgehead atoms. The van der Waals surface area contributed by atoms with Crippen LogP contribution in [-0.2, 0) is 9.53 Å². The number of esters is 1. The summed E-state index contributed by atoms with van der Waals surface area (Å²) in [6.45, 7) is 1.88. The van der Waals surface area contributed by atoms with Gasteiger partial charge < -0.3 is 9.47 Å². The van der Waals surface area contributed by atoms with Crippen LogP contribution in [0.1, 0.15) is 18.9 Å². The van der Waals surface area contributed by atoms with Crippen LogP contribution in [0.4, 0.5) is 0 Å². The van der Waals surface area contributed by atoms with E-state index in [1.165, 1.54) is 0 Å². The molecule has 1 aromatic carbocycles. The van der Waals surface area contributed by atoms with Crippen molar-refractivity contribution in [1.29, 1.82) is 0 Å². The van der Waals surface area contributed by atoms with Gasteiger partial charge >= 0.3 is 5.97 Å². The van der Waals surface area contributed by atoms with Gasteiger partial charge in [-0.2, -0.15) is 0 Å². The normalized spacial score (nSPS) is 8.88. The number of rotatable bonds is 3. The number of carbonyl (C=O) groups is 1. The minimum Gasteiger partial charge on any atom is -0.497 e. The van der Waals surface area contributed by atoms with E-state index in [4.69, 9.17) is 9.47 Å². The lowest BCUT2D eigenvalue weighted by Gasteiger charge is -1.98. The number of ether oxygens (including phenoxy) is 2. The summed E-state index contributed by atoms with van der Waals surface area (Å²) in [6.07, 6.45) is 0.376. The van der Waals surface area contributed by atoms with Crippen LogP contribution >= 0.6 is 0 Å². The van der Waals surface area contributed by atoms with Gasteiger partial charge in [-0.1, -0.05) is 24.8 Å². The number of benzene rings is 1. The average molecular weight is 218 g/mol. The number of hydrogen-bond donors (Lipinski definition) is 0. The first-order chi connectivity index (χ1) is 7.76. The third-order valence-corrected chi connectivity index (χ3v) is 1.90. The Morgan fingerprint density at radius 3 is 2.94 bits per heavy atom. The van der Waals surface area contributed by atoms with Crippen molar-refractivity contribution < 1.29 is 14.3 Å². The molecule has 0 aliphatic heterocycles. The molecule has 84 valence electrons. The predicted molar refractivity (Wildman–Crippen MR) is 61.1 cm³/mol. The van der Waals surface area contributed by atoms with E-state index in [1.54, 1.807) is 14.0 Å². The molecule has 0 unspecified atom stereocenters. The number of carbonyl (C=O) groups excluding carboxylic acids is 1. The van der Waals surface area contributed by atoms with Gasteiger partial charge in [-0.05, 0) is 18.2 Å². The lowest BCUT2D eigenvalue weighted by atomic mass is 10.2. The summed E-state index contributed by atoms with van der Waals surface area (Å²) < 4.78 is 9.89. The Kier molecular flexibility index (Phi) is 4.94. The fourth-order valence-corrected chi connectivity index (χ4v) is 1.06. The largest absolute Gasteiger partial charge is 0.497 e. The van der Waals surface area contributed by atoms with Crippen molar-refractivity contribution >= 4 is 5.97 Å². The van der Waals surface area contributed by atoms with Crippen molar-refractivity contribution in [3.8, 4) is 17.6 Å². The Morgan fingerprint density at radius 1 is 1.44 bits per heavy atom. The molecule has 0 spiro atoms. The first-order valence-electron chi connectivity index (χ1n) is 5.04. The van der Waals surface area contributed by atoms with Crippen LogP contribution in [0.2, 0.25) is 0 Å². The smallest absolute Gasteiger partial charge is 0.306 e. The second kappa shape index (κ2) is 6.52. The van der Waals surface area contributed by atoms with Gasteiger partial charge in [-0.3, -0.25) is 4.79 Å². The molecule has 0 atom stereocenters. The summed E-state index contributed by atoms with van der Waals surface area (Å²) >= 11 is 0. The molecule has 0 fully saturated rings. The first kappa shape index (κ1) is 12.1. The molecule has 0 heterocycles. The predicted octanol–water partition coefficient (Wildman–Crippen LogP) is 2.00. The van der Waals surface area contributed by atoms with Gasteiger partial charge in [0, 0.05) is 12.0 Å². The molecule has 0 radical (unpaired) electrons. The van der Waals surface area contributed by atoms with Crippen LogP contribution in [0.3, 0.4) is 0 Å². The monoisotopic (exact) mass is 218 g/mol. The van der Waals surface area contributed by atoms with Crippen LogP contribution in [0.15, 0.2) is 24.3 Å². The van der Waals surface area contributed by atoms with Crippen LogP contribution in [0, 0.1) is 11.8 Å². The van der Waals surface area contributed by atoms with Gasteiger partial charge in [-0.15, -0.1) is 0 Å². The van der Waals surface area contributed by atoms with E-state index in [0.717, 1.165) is 11.3 Å². The minimum absolute atomic E-state index is 0.129. The molecular formula is C13H14O3. The van der Waals surface area contributed by atoms with Gasteiger partial charge in [0.1, 0.15) is 5.75 Å². The van der Waals surface area contributed by atoms with E-state index < -0.39 is 0 Å². The zero-order valence-electron chi connectivity index (χ0n) is 9.45. The molecule has 0 aromatic heterocycles. The fourth-order valence-electron chi connectivity index (χ4n) is 1.06. The Hall–Kier alpha value is -1.95. The number of hydrogen-bond acceptors (Lipinski definition) is 3. The Labute approximate surface area is 95.4 Å². The second-order valence-corrected chi connectivity index (χ2v) is 3.05. The van der Waals surface area contributed by atoms with Gasteiger partial charge in [0.25, 0.3) is 0 Å². The zero-order valence-corrected chi connectivity index (χ0v) is 9.45. The molecule has 0 saturated heterocycles. The highest BCUT2D eigenvalue weighted by Crippen LogP contribution is 2.11. The topological polar surface area (TPSA) is 35.5 Å². The molecule has 0 N–H and O–H groups in total. The van der Waals surface area contributed by atoms with Gasteiger partial charge in [0.15, 0.2) is 6.61 Å². The Bertz CT molecular complexity index is 413. The quantitative estimate of drug-likeness (QED) is 0.575. The molecule has 0 saturated carbocycles. The summed E-state index contributed by atoms with van der Waals surface area (Å²) in [6, 6.07) is 7.41. The Balaban J connectivity index is 2.52. The van der Waals surface area contributed by atoms with Crippen molar-refractivity contribution in [2.75, 3.05) is 13.7 Å². The maximum Gasteiger partial charge on any atom is 0.306 e. The summed E-state index contributed by atoms with van der Waals surface area (Å²) in [4.78, 5) is 10.8. The fraction of sp³-hybridized carbons (Fsp3) is 0.308. The summed E-state index contributed by atoms with van der Waals surface area (Å²) in [5, 5.41) is 0. The van der Waals surface area contributed by atoms with E-state index in [1.807, 2.05) is 24.3 Å². The molecule has 1 aromatic rings. The van der Waals surface area contributed by atoms with Crippen molar-refractivity contribution in [3.63, 3.8) is 0 Å². The Morgan fingerprint density at radius 2 is 2.25 bits per heavy atom. The van der Waals surface area contributed by atoms with Crippen molar-refractivity contribution in [3.05, 3.63) is 29.8 Å². The highest BCUT2D eigenvalue weighted by Gasteiger charge is 1.94. The highest BCUT2D eigenvalue weighted by atomic mass is 16.5. The van der Waals surface area contributed by atoms with Gasteiger partial charge in [0.05, 0.1) is 7.11 Å². The summed E-state index contributed by atoms with van der Waals surface area (Å²) in [5.74, 6) is 6.19. The molecule has 0 aliphatic rings. The third-order valence-electron chi connectivity index (χ3n) is 1.90. The summed E-state index contributed by atoms with van der Waals surface area (Å²) in [5.41, 5.74) is 0.840. The van der Waals surface area contributed by atoms with Crippen LogP contribution in [0.5, 0.6) is 5.75 Å². The molecule has 0 amide bonds. The molecule has 3 heteroatoms. The van der Waals surface area contributed by atoms with Crippen LogP contribution in [-0.4, -0.2) is 19.7 Å². The van der Waals surface area contributed by atoms with Crippen molar-refractivity contribution in [2.24, 2.45) is 0 Å².